The zero-order valence-corrected chi connectivity index (χ0v) is 8.04. The van der Waals surface area contributed by atoms with Crippen LogP contribution in [0.1, 0.15) is 17.3 Å². The van der Waals surface area contributed by atoms with Gasteiger partial charge in [-0.1, -0.05) is 0 Å². The van der Waals surface area contributed by atoms with Gasteiger partial charge in [0.05, 0.1) is 19.3 Å². The zero-order chi connectivity index (χ0) is 10.6. The van der Waals surface area contributed by atoms with Gasteiger partial charge < -0.3 is 9.47 Å². The average Bonchev–Trinajstić information content (AvgIpc) is 2.18. The van der Waals surface area contributed by atoms with Gasteiger partial charge in [-0.2, -0.15) is 0 Å². The first-order valence-electron chi connectivity index (χ1n) is 4.19. The van der Waals surface area contributed by atoms with Gasteiger partial charge in [-0.25, -0.2) is 9.18 Å². The van der Waals surface area contributed by atoms with E-state index in [1.807, 2.05) is 0 Å². The quantitative estimate of drug-likeness (QED) is 0.697. The minimum atomic E-state index is -0.571. The Morgan fingerprint density at radius 1 is 1.50 bits per heavy atom. The second-order valence-electron chi connectivity index (χ2n) is 2.57. The molecule has 1 rings (SSSR count). The Morgan fingerprint density at radius 3 is 2.71 bits per heavy atom. The van der Waals surface area contributed by atoms with Gasteiger partial charge in [-0.15, -0.1) is 0 Å². The van der Waals surface area contributed by atoms with Crippen LogP contribution >= 0.6 is 0 Å². The lowest BCUT2D eigenvalue weighted by Crippen LogP contribution is -2.05. The van der Waals surface area contributed by atoms with Crippen LogP contribution < -0.4 is 4.74 Å². The molecule has 76 valence electrons. The molecule has 0 atom stereocenters. The topological polar surface area (TPSA) is 35.5 Å². The number of esters is 1. The van der Waals surface area contributed by atoms with Gasteiger partial charge in [0.2, 0.25) is 0 Å². The molecule has 0 aromatic heterocycles. The number of halogens is 1. The van der Waals surface area contributed by atoms with Gasteiger partial charge in [-0.05, 0) is 25.1 Å². The molecule has 0 fully saturated rings. The molecule has 0 aliphatic carbocycles. The predicted molar refractivity (Wildman–Crippen MR) is 48.9 cm³/mol. The number of carbonyl (C=O) groups excluding carboxylic acids is 1. The van der Waals surface area contributed by atoms with Crippen molar-refractivity contribution in [3.63, 3.8) is 0 Å². The molecule has 4 heteroatoms. The van der Waals surface area contributed by atoms with Gasteiger partial charge in [0.25, 0.3) is 0 Å². The first-order chi connectivity index (χ1) is 6.69. The molecule has 0 heterocycles. The second-order valence-corrected chi connectivity index (χ2v) is 2.57. The molecular formula is C10H11FO3. The van der Waals surface area contributed by atoms with Crippen LogP contribution in [0.3, 0.4) is 0 Å². The maximum absolute atomic E-state index is 13.1. The summed E-state index contributed by atoms with van der Waals surface area (Å²) in [5.41, 5.74) is 0.185. The molecule has 0 aliphatic heterocycles. The molecular weight excluding hydrogens is 187 g/mol. The van der Waals surface area contributed by atoms with Gasteiger partial charge in [-0.3, -0.25) is 0 Å². The number of hydrogen-bond acceptors (Lipinski definition) is 3. The molecule has 14 heavy (non-hydrogen) atoms. The monoisotopic (exact) mass is 198 g/mol. The molecule has 0 unspecified atom stereocenters. The van der Waals surface area contributed by atoms with Gasteiger partial charge in [0.15, 0.2) is 11.6 Å². The maximum Gasteiger partial charge on any atom is 0.338 e. The van der Waals surface area contributed by atoms with Crippen molar-refractivity contribution in [2.45, 2.75) is 6.92 Å². The third-order valence-corrected chi connectivity index (χ3v) is 1.66. The van der Waals surface area contributed by atoms with Crippen molar-refractivity contribution < 1.29 is 18.7 Å². The van der Waals surface area contributed by atoms with Crippen LogP contribution in [0.5, 0.6) is 5.75 Å². The zero-order valence-electron chi connectivity index (χ0n) is 8.04. The molecule has 0 saturated carbocycles. The predicted octanol–water partition coefficient (Wildman–Crippen LogP) is 2.01. The van der Waals surface area contributed by atoms with Crippen molar-refractivity contribution >= 4 is 5.97 Å². The van der Waals surface area contributed by atoms with Crippen LogP contribution in [-0.4, -0.2) is 19.7 Å². The number of benzene rings is 1. The molecule has 3 nitrogen and oxygen atoms in total. The summed E-state index contributed by atoms with van der Waals surface area (Å²) < 4.78 is 22.5. The largest absolute Gasteiger partial charge is 0.494 e. The Bertz CT molecular complexity index is 336. The fourth-order valence-corrected chi connectivity index (χ4v) is 1.01. The lowest BCUT2D eigenvalue weighted by Gasteiger charge is -2.04. The van der Waals surface area contributed by atoms with Crippen LogP contribution in [-0.2, 0) is 4.74 Å². The molecule has 0 amide bonds. The fraction of sp³-hybridized carbons (Fsp3) is 0.300. The van der Waals surface area contributed by atoms with E-state index in [2.05, 4.69) is 0 Å². The van der Waals surface area contributed by atoms with E-state index in [0.29, 0.717) is 0 Å². The van der Waals surface area contributed by atoms with E-state index in [1.54, 1.807) is 6.92 Å². The Morgan fingerprint density at radius 2 is 2.21 bits per heavy atom. The Labute approximate surface area is 81.4 Å². The smallest absolute Gasteiger partial charge is 0.338 e. The molecule has 0 N–H and O–H groups in total. The number of hydrogen-bond donors (Lipinski definition) is 0. The standard InChI is InChI=1S/C10H11FO3/c1-3-14-10(12)7-4-5-9(13-2)8(11)6-7/h4-6H,3H2,1-2H3. The summed E-state index contributed by atoms with van der Waals surface area (Å²) in [6, 6.07) is 3.94. The first-order valence-corrected chi connectivity index (χ1v) is 4.19. The SMILES string of the molecule is CCOC(=O)c1ccc(OC)c(F)c1. The molecule has 1 aromatic rings. The molecule has 0 saturated heterocycles. The van der Waals surface area contributed by atoms with Crippen molar-refractivity contribution in [2.75, 3.05) is 13.7 Å². The van der Waals surface area contributed by atoms with Crippen molar-refractivity contribution in [3.8, 4) is 5.75 Å². The van der Waals surface area contributed by atoms with Crippen LogP contribution in [0.25, 0.3) is 0 Å². The van der Waals surface area contributed by atoms with E-state index in [-0.39, 0.29) is 17.9 Å². The highest BCUT2D eigenvalue weighted by molar-refractivity contribution is 5.89. The van der Waals surface area contributed by atoms with Gasteiger partial charge in [0.1, 0.15) is 0 Å². The minimum Gasteiger partial charge on any atom is -0.494 e. The maximum atomic E-state index is 13.1. The van der Waals surface area contributed by atoms with Crippen molar-refractivity contribution in [1.29, 1.82) is 0 Å². The van der Waals surface area contributed by atoms with Crippen molar-refractivity contribution in [3.05, 3.63) is 29.6 Å². The number of methoxy groups -OCH3 is 1. The summed E-state index contributed by atoms with van der Waals surface area (Å²) in [4.78, 5) is 11.2. The Hall–Kier alpha value is -1.58. The summed E-state index contributed by atoms with van der Waals surface area (Å²) in [5.74, 6) is -0.995. The summed E-state index contributed by atoms with van der Waals surface area (Å²) in [6.07, 6.45) is 0. The Kier molecular flexibility index (Phi) is 3.45. The fourth-order valence-electron chi connectivity index (χ4n) is 1.01. The number of ether oxygens (including phenoxy) is 2. The van der Waals surface area contributed by atoms with Crippen LogP contribution in [0.2, 0.25) is 0 Å². The van der Waals surface area contributed by atoms with Gasteiger partial charge >= 0.3 is 5.97 Å². The van der Waals surface area contributed by atoms with Crippen molar-refractivity contribution in [2.24, 2.45) is 0 Å². The summed E-state index contributed by atoms with van der Waals surface area (Å²) in [5, 5.41) is 0. The third-order valence-electron chi connectivity index (χ3n) is 1.66. The Balaban J connectivity index is 2.91. The van der Waals surface area contributed by atoms with Crippen LogP contribution in [0.15, 0.2) is 18.2 Å². The second kappa shape index (κ2) is 4.60. The highest BCUT2D eigenvalue weighted by Crippen LogP contribution is 2.17. The summed E-state index contributed by atoms with van der Waals surface area (Å²) in [7, 11) is 1.36. The highest BCUT2D eigenvalue weighted by Gasteiger charge is 2.10. The normalized spacial score (nSPS) is 9.64. The molecule has 0 spiro atoms. The molecule has 0 aliphatic rings. The van der Waals surface area contributed by atoms with E-state index in [4.69, 9.17) is 9.47 Å². The molecule has 0 radical (unpaired) electrons. The van der Waals surface area contributed by atoms with E-state index < -0.39 is 11.8 Å². The minimum absolute atomic E-state index is 0.109. The average molecular weight is 198 g/mol. The van der Waals surface area contributed by atoms with E-state index >= 15 is 0 Å². The van der Waals surface area contributed by atoms with E-state index in [0.717, 1.165) is 6.07 Å². The van der Waals surface area contributed by atoms with E-state index in [9.17, 15) is 9.18 Å². The van der Waals surface area contributed by atoms with Gasteiger partial charge in [0, 0.05) is 0 Å². The molecule has 0 bridgehead atoms. The van der Waals surface area contributed by atoms with Crippen LogP contribution in [0.4, 0.5) is 4.39 Å². The molecule has 1 aromatic carbocycles. The first kappa shape index (κ1) is 10.5. The highest BCUT2D eigenvalue weighted by atomic mass is 19.1. The lowest BCUT2D eigenvalue weighted by molar-refractivity contribution is 0.0525. The van der Waals surface area contributed by atoms with Crippen LogP contribution in [0, 0.1) is 5.82 Å². The lowest BCUT2D eigenvalue weighted by atomic mass is 10.2. The summed E-state index contributed by atoms with van der Waals surface area (Å²) >= 11 is 0. The number of rotatable bonds is 3. The van der Waals surface area contributed by atoms with Crippen molar-refractivity contribution in [1.82, 2.24) is 0 Å². The number of carbonyl (C=O) groups is 1. The third kappa shape index (κ3) is 2.22. The summed E-state index contributed by atoms with van der Waals surface area (Å²) in [6.45, 7) is 1.96. The van der Waals surface area contributed by atoms with E-state index in [1.165, 1.54) is 19.2 Å².